The molecule has 0 amide bonds. The van der Waals surface area contributed by atoms with Crippen molar-refractivity contribution < 1.29 is 0 Å². The fourth-order valence-corrected chi connectivity index (χ4v) is 2.76. The third-order valence-corrected chi connectivity index (χ3v) is 3.74. The highest BCUT2D eigenvalue weighted by Gasteiger charge is 2.15. The van der Waals surface area contributed by atoms with Crippen LogP contribution in [-0.4, -0.2) is 19.8 Å². The summed E-state index contributed by atoms with van der Waals surface area (Å²) >= 11 is 5.91. The largest absolute Gasteiger partial charge is 0.246 e. The van der Waals surface area contributed by atoms with Crippen LogP contribution in [0.4, 0.5) is 0 Å². The van der Waals surface area contributed by atoms with Gasteiger partial charge in [0.1, 0.15) is 0 Å². The van der Waals surface area contributed by atoms with Crippen molar-refractivity contribution in [3.05, 3.63) is 23.1 Å². The van der Waals surface area contributed by atoms with Gasteiger partial charge in [0.2, 0.25) is 5.28 Å². The Labute approximate surface area is 105 Å². The number of hydrogen-bond acceptors (Lipinski definition) is 3. The molecule has 2 aromatic heterocycles. The quantitative estimate of drug-likeness (QED) is 0.823. The zero-order valence-electron chi connectivity index (χ0n) is 9.64. The Morgan fingerprint density at radius 1 is 1.18 bits per heavy atom. The first-order valence-electron chi connectivity index (χ1n) is 6.20. The van der Waals surface area contributed by atoms with Gasteiger partial charge < -0.3 is 0 Å². The minimum atomic E-state index is 0.338. The Bertz CT molecular complexity index is 516. The Morgan fingerprint density at radius 2 is 2.00 bits per heavy atom. The smallest absolute Gasteiger partial charge is 0.183 e. The van der Waals surface area contributed by atoms with E-state index in [0.29, 0.717) is 10.9 Å². The lowest BCUT2D eigenvalue weighted by atomic mass is 9.86. The van der Waals surface area contributed by atoms with E-state index in [0.717, 1.165) is 18.0 Å². The van der Waals surface area contributed by atoms with Crippen LogP contribution < -0.4 is 0 Å². The summed E-state index contributed by atoms with van der Waals surface area (Å²) in [6.45, 7) is 0. The molecule has 4 nitrogen and oxygen atoms in total. The van der Waals surface area contributed by atoms with Crippen molar-refractivity contribution in [2.75, 3.05) is 0 Å². The first-order chi connectivity index (χ1) is 8.33. The normalized spacial score (nSPS) is 17.7. The molecule has 0 aliphatic heterocycles. The third-order valence-electron chi connectivity index (χ3n) is 3.50. The lowest BCUT2D eigenvalue weighted by Crippen LogP contribution is -2.11. The van der Waals surface area contributed by atoms with Crippen LogP contribution in [-0.2, 0) is 6.42 Å². The van der Waals surface area contributed by atoms with E-state index in [2.05, 4.69) is 15.3 Å². The number of fused-ring (bicyclic) bond motifs is 1. The number of halogens is 1. The van der Waals surface area contributed by atoms with Gasteiger partial charge in [-0.15, -0.1) is 10.2 Å². The summed E-state index contributed by atoms with van der Waals surface area (Å²) in [5, 5.41) is 12.6. The molecule has 0 saturated heterocycles. The second kappa shape index (κ2) is 4.61. The van der Waals surface area contributed by atoms with Gasteiger partial charge >= 0.3 is 0 Å². The molecule has 2 aromatic rings. The fraction of sp³-hybridized carbons (Fsp3) is 0.583. The monoisotopic (exact) mass is 250 g/mol. The summed E-state index contributed by atoms with van der Waals surface area (Å²) in [7, 11) is 0. The van der Waals surface area contributed by atoms with Crippen LogP contribution in [0.1, 0.15) is 37.8 Å². The van der Waals surface area contributed by atoms with Gasteiger partial charge in [0, 0.05) is 0 Å². The molecular formula is C12H15ClN4. The maximum absolute atomic E-state index is 5.91. The average molecular weight is 251 g/mol. The summed E-state index contributed by atoms with van der Waals surface area (Å²) in [6.07, 6.45) is 7.82. The summed E-state index contributed by atoms with van der Waals surface area (Å²) < 4.78 is 1.61. The molecule has 5 heteroatoms. The van der Waals surface area contributed by atoms with E-state index in [1.54, 1.807) is 4.52 Å². The fourth-order valence-electron chi connectivity index (χ4n) is 2.60. The van der Waals surface area contributed by atoms with Gasteiger partial charge in [-0.3, -0.25) is 0 Å². The van der Waals surface area contributed by atoms with E-state index in [4.69, 9.17) is 11.6 Å². The SMILES string of the molecule is Clc1nnc2ccc(CC3CCCCC3)nn12. The molecule has 1 aliphatic rings. The van der Waals surface area contributed by atoms with Crippen LogP contribution in [0, 0.1) is 5.92 Å². The summed E-state index contributed by atoms with van der Waals surface area (Å²) in [6, 6.07) is 3.97. The lowest BCUT2D eigenvalue weighted by molar-refractivity contribution is 0.353. The van der Waals surface area contributed by atoms with Crippen LogP contribution in [0.2, 0.25) is 5.28 Å². The van der Waals surface area contributed by atoms with Crippen LogP contribution in [0.3, 0.4) is 0 Å². The van der Waals surface area contributed by atoms with Crippen molar-refractivity contribution in [2.24, 2.45) is 5.92 Å². The van der Waals surface area contributed by atoms with E-state index in [-0.39, 0.29) is 0 Å². The average Bonchev–Trinajstić information content (AvgIpc) is 2.73. The molecule has 0 N–H and O–H groups in total. The van der Waals surface area contributed by atoms with Crippen molar-refractivity contribution in [1.82, 2.24) is 19.8 Å². The molecule has 0 aromatic carbocycles. The van der Waals surface area contributed by atoms with Gasteiger partial charge in [-0.25, -0.2) is 0 Å². The van der Waals surface area contributed by atoms with E-state index in [1.165, 1.54) is 32.1 Å². The standard InChI is InChI=1S/C12H15ClN4/c13-12-15-14-11-7-6-10(16-17(11)12)8-9-4-2-1-3-5-9/h6-7,9H,1-5,8H2. The molecule has 1 aliphatic carbocycles. The van der Waals surface area contributed by atoms with E-state index >= 15 is 0 Å². The molecule has 1 fully saturated rings. The van der Waals surface area contributed by atoms with Crippen LogP contribution in [0.15, 0.2) is 12.1 Å². The maximum Gasteiger partial charge on any atom is 0.246 e. The van der Waals surface area contributed by atoms with Gasteiger partial charge in [0.05, 0.1) is 5.69 Å². The molecule has 0 unspecified atom stereocenters. The molecule has 3 rings (SSSR count). The predicted octanol–water partition coefficient (Wildman–Crippen LogP) is 2.90. The number of hydrogen-bond donors (Lipinski definition) is 0. The molecule has 1 saturated carbocycles. The Balaban J connectivity index is 1.82. The number of aromatic nitrogens is 4. The molecule has 0 bridgehead atoms. The lowest BCUT2D eigenvalue weighted by Gasteiger charge is -2.20. The zero-order chi connectivity index (χ0) is 11.7. The highest BCUT2D eigenvalue weighted by Crippen LogP contribution is 2.26. The van der Waals surface area contributed by atoms with E-state index in [1.807, 2.05) is 12.1 Å². The second-order valence-corrected chi connectivity index (χ2v) is 5.11. The van der Waals surface area contributed by atoms with Crippen LogP contribution >= 0.6 is 11.6 Å². The molecule has 90 valence electrons. The summed E-state index contributed by atoms with van der Waals surface area (Å²) in [4.78, 5) is 0. The van der Waals surface area contributed by atoms with Crippen LogP contribution in [0.5, 0.6) is 0 Å². The van der Waals surface area contributed by atoms with Crippen molar-refractivity contribution in [3.8, 4) is 0 Å². The van der Waals surface area contributed by atoms with Crippen molar-refractivity contribution in [2.45, 2.75) is 38.5 Å². The first-order valence-corrected chi connectivity index (χ1v) is 6.57. The van der Waals surface area contributed by atoms with Gasteiger partial charge in [-0.1, -0.05) is 32.1 Å². The summed E-state index contributed by atoms with van der Waals surface area (Å²) in [5.41, 5.74) is 1.80. The van der Waals surface area contributed by atoms with Crippen molar-refractivity contribution in [3.63, 3.8) is 0 Å². The minimum absolute atomic E-state index is 0.338. The molecule has 0 atom stereocenters. The highest BCUT2D eigenvalue weighted by molar-refractivity contribution is 6.28. The predicted molar refractivity (Wildman–Crippen MR) is 66.1 cm³/mol. The molecule has 17 heavy (non-hydrogen) atoms. The summed E-state index contributed by atoms with van der Waals surface area (Å²) in [5.74, 6) is 0.781. The first kappa shape index (κ1) is 11.0. The van der Waals surface area contributed by atoms with Gasteiger partial charge in [-0.2, -0.15) is 9.61 Å². The number of rotatable bonds is 2. The number of nitrogens with zero attached hydrogens (tertiary/aromatic N) is 4. The van der Waals surface area contributed by atoms with E-state index < -0.39 is 0 Å². The Hall–Kier alpha value is -1.16. The second-order valence-electron chi connectivity index (χ2n) is 4.77. The molecule has 0 radical (unpaired) electrons. The van der Waals surface area contributed by atoms with Gasteiger partial charge in [-0.05, 0) is 36.1 Å². The maximum atomic E-state index is 5.91. The highest BCUT2D eigenvalue weighted by atomic mass is 35.5. The molecule has 0 spiro atoms. The van der Waals surface area contributed by atoms with Crippen molar-refractivity contribution >= 4 is 17.2 Å². The zero-order valence-corrected chi connectivity index (χ0v) is 10.4. The molecular weight excluding hydrogens is 236 g/mol. The van der Waals surface area contributed by atoms with Gasteiger partial charge in [0.15, 0.2) is 5.65 Å². The van der Waals surface area contributed by atoms with Crippen molar-refractivity contribution in [1.29, 1.82) is 0 Å². The molecule has 2 heterocycles. The third kappa shape index (κ3) is 2.27. The van der Waals surface area contributed by atoms with Gasteiger partial charge in [0.25, 0.3) is 0 Å². The Kier molecular flexibility index (Phi) is 2.97. The van der Waals surface area contributed by atoms with Crippen LogP contribution in [0.25, 0.3) is 5.65 Å². The Morgan fingerprint density at radius 3 is 2.82 bits per heavy atom. The minimum Gasteiger partial charge on any atom is -0.183 e. The van der Waals surface area contributed by atoms with E-state index in [9.17, 15) is 0 Å². The topological polar surface area (TPSA) is 43.1 Å².